The summed E-state index contributed by atoms with van der Waals surface area (Å²) in [4.78, 5) is 41.3. The number of amides is 3. The molecule has 2 aromatic carbocycles. The summed E-state index contributed by atoms with van der Waals surface area (Å²) >= 11 is 9.30. The van der Waals surface area contributed by atoms with E-state index in [1.54, 1.807) is 59.8 Å². The third kappa shape index (κ3) is 3.26. The van der Waals surface area contributed by atoms with Crippen LogP contribution >= 0.6 is 27.5 Å². The van der Waals surface area contributed by atoms with Crippen molar-refractivity contribution in [1.82, 2.24) is 5.01 Å². The lowest BCUT2D eigenvalue weighted by Gasteiger charge is -2.30. The number of carbonyl (C=O) groups excluding carboxylic acids is 3. The van der Waals surface area contributed by atoms with Gasteiger partial charge in [-0.15, -0.1) is 0 Å². The Morgan fingerprint density at radius 3 is 2.55 bits per heavy atom. The highest BCUT2D eigenvalue weighted by molar-refractivity contribution is 9.10. The van der Waals surface area contributed by atoms with Gasteiger partial charge in [-0.1, -0.05) is 39.7 Å². The van der Waals surface area contributed by atoms with Crippen LogP contribution in [0.25, 0.3) is 0 Å². The van der Waals surface area contributed by atoms with Gasteiger partial charge >= 0.3 is 0 Å². The van der Waals surface area contributed by atoms with Gasteiger partial charge in [0.15, 0.2) is 0 Å². The van der Waals surface area contributed by atoms with Crippen LogP contribution in [0.4, 0.5) is 11.4 Å². The standard InChI is InChI=1S/C22H16BrClN4O3/c23-12-3-1-4-15(11-12)27-21(30)17-16-5-2-10-25-28(16)19(18(17)22(27)31)20(29)26-14-8-6-13(24)7-9-14/h1-11,16-19H,(H,26,29). The molecule has 4 unspecified atom stereocenters. The van der Waals surface area contributed by atoms with E-state index in [4.69, 9.17) is 11.6 Å². The fourth-order valence-electron chi connectivity index (χ4n) is 4.46. The Morgan fingerprint density at radius 1 is 1.06 bits per heavy atom. The van der Waals surface area contributed by atoms with E-state index in [9.17, 15) is 14.4 Å². The predicted molar refractivity (Wildman–Crippen MR) is 121 cm³/mol. The van der Waals surface area contributed by atoms with Crippen molar-refractivity contribution in [1.29, 1.82) is 0 Å². The van der Waals surface area contributed by atoms with Crippen molar-refractivity contribution < 1.29 is 14.4 Å². The number of rotatable bonds is 3. The second-order valence-corrected chi connectivity index (χ2v) is 8.86. The molecule has 1 N–H and O–H groups in total. The summed E-state index contributed by atoms with van der Waals surface area (Å²) in [6, 6.07) is 12.3. The molecule has 0 aliphatic carbocycles. The minimum atomic E-state index is -0.916. The van der Waals surface area contributed by atoms with Gasteiger partial charge in [-0.05, 0) is 48.5 Å². The molecule has 156 valence electrons. The molecule has 3 heterocycles. The van der Waals surface area contributed by atoms with Crippen LogP contribution in [0, 0.1) is 11.8 Å². The molecule has 5 rings (SSSR count). The molecule has 2 fully saturated rings. The Kier molecular flexibility index (Phi) is 4.91. The molecule has 4 atom stereocenters. The number of imide groups is 1. The molecule has 0 saturated carbocycles. The molecular weight excluding hydrogens is 484 g/mol. The van der Waals surface area contributed by atoms with Crippen LogP contribution in [0.1, 0.15) is 0 Å². The zero-order valence-electron chi connectivity index (χ0n) is 16.0. The number of benzene rings is 2. The topological polar surface area (TPSA) is 82.1 Å². The monoisotopic (exact) mass is 498 g/mol. The Balaban J connectivity index is 1.51. The zero-order valence-corrected chi connectivity index (χ0v) is 18.3. The number of hydrogen-bond donors (Lipinski definition) is 1. The quantitative estimate of drug-likeness (QED) is 0.656. The summed E-state index contributed by atoms with van der Waals surface area (Å²) in [5, 5.41) is 9.26. The van der Waals surface area contributed by atoms with E-state index >= 15 is 0 Å². The number of nitrogens with one attached hydrogen (secondary N) is 1. The van der Waals surface area contributed by atoms with Crippen LogP contribution in [0.15, 0.2) is 70.3 Å². The minimum Gasteiger partial charge on any atom is -0.324 e. The maximum atomic E-state index is 13.5. The molecule has 2 saturated heterocycles. The maximum absolute atomic E-state index is 13.5. The van der Waals surface area contributed by atoms with Gasteiger partial charge in [0, 0.05) is 21.4 Å². The molecule has 7 nitrogen and oxygen atoms in total. The first-order valence-corrected chi connectivity index (χ1v) is 10.8. The van der Waals surface area contributed by atoms with Gasteiger partial charge in [0.25, 0.3) is 0 Å². The normalized spacial score (nSPS) is 26.3. The number of fused-ring (bicyclic) bond motifs is 3. The van der Waals surface area contributed by atoms with Crippen LogP contribution in [0.2, 0.25) is 5.02 Å². The van der Waals surface area contributed by atoms with Crippen molar-refractivity contribution in [3.8, 4) is 0 Å². The maximum Gasteiger partial charge on any atom is 0.249 e. The fraction of sp³-hybridized carbons (Fsp3) is 0.182. The van der Waals surface area contributed by atoms with Gasteiger partial charge in [0.05, 0.1) is 23.6 Å². The smallest absolute Gasteiger partial charge is 0.249 e. The third-order valence-electron chi connectivity index (χ3n) is 5.74. The highest BCUT2D eigenvalue weighted by atomic mass is 79.9. The molecule has 3 aliphatic heterocycles. The number of nitrogens with zero attached hydrogens (tertiary/aromatic N) is 3. The highest BCUT2D eigenvalue weighted by Gasteiger charge is 2.64. The van der Waals surface area contributed by atoms with E-state index in [0.29, 0.717) is 16.4 Å². The molecular formula is C22H16BrClN4O3. The number of anilines is 2. The van der Waals surface area contributed by atoms with Crippen molar-refractivity contribution >= 4 is 62.8 Å². The number of carbonyl (C=O) groups is 3. The first-order chi connectivity index (χ1) is 15.0. The van der Waals surface area contributed by atoms with Gasteiger partial charge < -0.3 is 5.32 Å². The van der Waals surface area contributed by atoms with Crippen LogP contribution in [0.5, 0.6) is 0 Å². The molecule has 0 aromatic heterocycles. The molecule has 0 spiro atoms. The van der Waals surface area contributed by atoms with E-state index in [-0.39, 0.29) is 5.91 Å². The van der Waals surface area contributed by atoms with Gasteiger partial charge in [-0.2, -0.15) is 5.10 Å². The van der Waals surface area contributed by atoms with Crippen molar-refractivity contribution in [3.05, 3.63) is 70.2 Å². The highest BCUT2D eigenvalue weighted by Crippen LogP contribution is 2.45. The Morgan fingerprint density at radius 2 is 1.81 bits per heavy atom. The van der Waals surface area contributed by atoms with Crippen molar-refractivity contribution in [2.45, 2.75) is 12.1 Å². The van der Waals surface area contributed by atoms with Gasteiger partial charge in [-0.25, -0.2) is 4.90 Å². The number of hydrazone groups is 1. The van der Waals surface area contributed by atoms with E-state index in [1.165, 1.54) is 4.90 Å². The first-order valence-electron chi connectivity index (χ1n) is 9.64. The third-order valence-corrected chi connectivity index (χ3v) is 6.48. The summed E-state index contributed by atoms with van der Waals surface area (Å²) in [7, 11) is 0. The molecule has 9 heteroatoms. The first kappa shape index (κ1) is 20.0. The van der Waals surface area contributed by atoms with Crippen LogP contribution < -0.4 is 10.2 Å². The molecule has 3 aliphatic rings. The summed E-state index contributed by atoms with van der Waals surface area (Å²) < 4.78 is 0.753. The summed E-state index contributed by atoms with van der Waals surface area (Å²) in [5.74, 6) is -2.66. The van der Waals surface area contributed by atoms with Crippen molar-refractivity contribution in [2.75, 3.05) is 10.2 Å². The van der Waals surface area contributed by atoms with Crippen LogP contribution in [-0.2, 0) is 14.4 Å². The Bertz CT molecular complexity index is 1150. The molecule has 2 aromatic rings. The molecule has 31 heavy (non-hydrogen) atoms. The lowest BCUT2D eigenvalue weighted by Crippen LogP contribution is -2.47. The number of hydrogen-bond acceptors (Lipinski definition) is 5. The second kappa shape index (κ2) is 7.62. The largest absolute Gasteiger partial charge is 0.324 e. The van der Waals surface area contributed by atoms with E-state index in [1.807, 2.05) is 12.1 Å². The van der Waals surface area contributed by atoms with E-state index in [0.717, 1.165) is 4.47 Å². The van der Waals surface area contributed by atoms with E-state index < -0.39 is 35.7 Å². The molecule has 0 radical (unpaired) electrons. The van der Waals surface area contributed by atoms with Gasteiger partial charge in [-0.3, -0.25) is 19.4 Å². The second-order valence-electron chi connectivity index (χ2n) is 7.50. The number of allylic oxidation sites excluding steroid dienone is 1. The minimum absolute atomic E-state index is 0.327. The SMILES string of the molecule is O=C(Nc1ccc(Cl)cc1)C1C2C(=O)N(c3cccc(Br)c3)C(=O)C2C2C=CC=NN21. The van der Waals surface area contributed by atoms with Crippen LogP contribution in [-0.4, -0.2) is 41.0 Å². The van der Waals surface area contributed by atoms with Crippen molar-refractivity contribution in [3.63, 3.8) is 0 Å². The Hall–Kier alpha value is -2.97. The molecule has 3 amide bonds. The van der Waals surface area contributed by atoms with Crippen molar-refractivity contribution in [2.24, 2.45) is 16.9 Å². The average molecular weight is 500 g/mol. The number of halogens is 2. The van der Waals surface area contributed by atoms with E-state index in [2.05, 4.69) is 26.3 Å². The lowest BCUT2D eigenvalue weighted by atomic mass is 9.88. The summed E-state index contributed by atoms with van der Waals surface area (Å²) in [6.07, 6.45) is 5.11. The molecule has 0 bridgehead atoms. The lowest BCUT2D eigenvalue weighted by molar-refractivity contribution is -0.129. The summed E-state index contributed by atoms with van der Waals surface area (Å²) in [6.45, 7) is 0. The predicted octanol–water partition coefficient (Wildman–Crippen LogP) is 3.46. The average Bonchev–Trinajstić information content (AvgIpc) is 3.23. The fourth-order valence-corrected chi connectivity index (χ4v) is 4.97. The van der Waals surface area contributed by atoms with Gasteiger partial charge in [0.2, 0.25) is 17.7 Å². The summed E-state index contributed by atoms with van der Waals surface area (Å²) in [5.41, 5.74) is 1.03. The van der Waals surface area contributed by atoms with Crippen LogP contribution in [0.3, 0.4) is 0 Å². The van der Waals surface area contributed by atoms with Gasteiger partial charge in [0.1, 0.15) is 6.04 Å². The zero-order chi connectivity index (χ0) is 21.7. The Labute approximate surface area is 191 Å².